The smallest absolute Gasteiger partial charge is 0.253 e. The molecule has 0 atom stereocenters. The molecule has 0 unspecified atom stereocenters. The van der Waals surface area contributed by atoms with E-state index in [1.54, 1.807) is 30.3 Å². The summed E-state index contributed by atoms with van der Waals surface area (Å²) in [5, 5.41) is 5.86. The summed E-state index contributed by atoms with van der Waals surface area (Å²) in [6.45, 7) is 2.60. The van der Waals surface area contributed by atoms with Crippen LogP contribution in [0.2, 0.25) is 0 Å². The van der Waals surface area contributed by atoms with Crippen LogP contribution in [0.3, 0.4) is 0 Å². The molecule has 1 aromatic heterocycles. The maximum Gasteiger partial charge on any atom is 0.253 e. The second-order valence-electron chi connectivity index (χ2n) is 5.76. The van der Waals surface area contributed by atoms with E-state index < -0.39 is 0 Å². The van der Waals surface area contributed by atoms with Crippen molar-refractivity contribution in [2.24, 2.45) is 0 Å². The normalized spacial score (nSPS) is 10.3. The quantitative estimate of drug-likeness (QED) is 0.655. The first-order valence-corrected chi connectivity index (χ1v) is 8.64. The number of carbonyl (C=O) groups is 1. The predicted molar refractivity (Wildman–Crippen MR) is 103 cm³/mol. The van der Waals surface area contributed by atoms with Gasteiger partial charge in [-0.15, -0.1) is 0 Å². The molecule has 0 bridgehead atoms. The number of nitrogens with one attached hydrogen (secondary N) is 2. The zero-order valence-corrected chi connectivity index (χ0v) is 14.9. The molecule has 0 saturated carbocycles. The molecular formula is C21H20FN3O2. The van der Waals surface area contributed by atoms with E-state index in [4.69, 9.17) is 4.74 Å². The topological polar surface area (TPSA) is 63.2 Å². The Morgan fingerprint density at radius 1 is 1.07 bits per heavy atom. The molecule has 6 heteroatoms. The number of nitrogens with zero attached hydrogens (tertiary/aromatic N) is 1. The van der Waals surface area contributed by atoms with Gasteiger partial charge in [0.1, 0.15) is 17.4 Å². The van der Waals surface area contributed by atoms with Gasteiger partial charge in [0.05, 0.1) is 17.9 Å². The van der Waals surface area contributed by atoms with E-state index in [9.17, 15) is 9.18 Å². The van der Waals surface area contributed by atoms with Crippen LogP contribution in [0.5, 0.6) is 5.75 Å². The molecule has 2 aromatic carbocycles. The third-order valence-electron chi connectivity index (χ3n) is 3.87. The second-order valence-corrected chi connectivity index (χ2v) is 5.76. The molecular weight excluding hydrogens is 345 g/mol. The molecule has 0 aliphatic carbocycles. The number of aromatic nitrogens is 1. The number of hydrogen-bond donors (Lipinski definition) is 2. The van der Waals surface area contributed by atoms with Gasteiger partial charge in [-0.1, -0.05) is 30.3 Å². The third-order valence-corrected chi connectivity index (χ3v) is 3.87. The van der Waals surface area contributed by atoms with Gasteiger partial charge in [-0.2, -0.15) is 0 Å². The van der Waals surface area contributed by atoms with Crippen LogP contribution >= 0.6 is 0 Å². The van der Waals surface area contributed by atoms with Gasteiger partial charge in [0.25, 0.3) is 5.91 Å². The van der Waals surface area contributed by atoms with E-state index in [1.165, 1.54) is 12.3 Å². The summed E-state index contributed by atoms with van der Waals surface area (Å²) in [7, 11) is 0. The molecule has 2 N–H and O–H groups in total. The summed E-state index contributed by atoms with van der Waals surface area (Å²) in [4.78, 5) is 16.5. The average molecular weight is 365 g/mol. The lowest BCUT2D eigenvalue weighted by molar-refractivity contribution is 0.0950. The minimum Gasteiger partial charge on any atom is -0.492 e. The van der Waals surface area contributed by atoms with Gasteiger partial charge in [-0.05, 0) is 37.3 Å². The number of anilines is 2. The number of benzene rings is 2. The summed E-state index contributed by atoms with van der Waals surface area (Å²) < 4.78 is 19.2. The maximum atomic E-state index is 13.6. The van der Waals surface area contributed by atoms with Crippen LogP contribution in [-0.2, 0) is 6.54 Å². The van der Waals surface area contributed by atoms with Crippen LogP contribution in [0.1, 0.15) is 22.8 Å². The van der Waals surface area contributed by atoms with Crippen LogP contribution in [0.25, 0.3) is 0 Å². The highest BCUT2D eigenvalue weighted by atomic mass is 19.1. The second kappa shape index (κ2) is 8.80. The molecule has 138 valence electrons. The summed E-state index contributed by atoms with van der Waals surface area (Å²) in [6, 6.07) is 17.3. The minimum atomic E-state index is -0.344. The Bertz CT molecular complexity index is 913. The van der Waals surface area contributed by atoms with Crippen molar-refractivity contribution in [1.82, 2.24) is 10.3 Å². The zero-order valence-electron chi connectivity index (χ0n) is 14.9. The number of halogens is 1. The Kier molecular flexibility index (Phi) is 5.99. The van der Waals surface area contributed by atoms with Crippen LogP contribution in [-0.4, -0.2) is 17.5 Å². The number of ether oxygens (including phenoxy) is 1. The van der Waals surface area contributed by atoms with Crippen LogP contribution in [0.4, 0.5) is 15.9 Å². The molecule has 0 aliphatic rings. The van der Waals surface area contributed by atoms with Gasteiger partial charge >= 0.3 is 0 Å². The molecule has 5 nitrogen and oxygen atoms in total. The molecule has 1 heterocycles. The third kappa shape index (κ3) is 4.82. The van der Waals surface area contributed by atoms with E-state index in [0.717, 1.165) is 11.4 Å². The Balaban J connectivity index is 1.63. The van der Waals surface area contributed by atoms with E-state index in [0.29, 0.717) is 23.6 Å². The van der Waals surface area contributed by atoms with E-state index >= 15 is 0 Å². The van der Waals surface area contributed by atoms with Crippen molar-refractivity contribution < 1.29 is 13.9 Å². The SMILES string of the molecule is CCOc1ccccc1Nc1ccc(C(=O)NCc2ccccc2F)cn1. The predicted octanol–water partition coefficient (Wildman–Crippen LogP) is 4.29. The van der Waals surface area contributed by atoms with E-state index in [-0.39, 0.29) is 18.3 Å². The van der Waals surface area contributed by atoms with Crippen molar-refractivity contribution in [2.75, 3.05) is 11.9 Å². The van der Waals surface area contributed by atoms with Crippen LogP contribution in [0.15, 0.2) is 66.9 Å². The molecule has 1 amide bonds. The molecule has 0 radical (unpaired) electrons. The number of amides is 1. The summed E-state index contributed by atoms with van der Waals surface area (Å²) in [6.07, 6.45) is 1.47. The Hall–Kier alpha value is -3.41. The first kappa shape index (κ1) is 18.4. The van der Waals surface area contributed by atoms with Crippen molar-refractivity contribution in [1.29, 1.82) is 0 Å². The van der Waals surface area contributed by atoms with Crippen molar-refractivity contribution in [3.63, 3.8) is 0 Å². The minimum absolute atomic E-state index is 0.118. The standard InChI is InChI=1S/C21H20FN3O2/c1-2-27-19-10-6-5-9-18(19)25-20-12-11-16(14-23-20)21(26)24-13-15-7-3-4-8-17(15)22/h3-12,14H,2,13H2,1H3,(H,23,25)(H,24,26). The monoisotopic (exact) mass is 365 g/mol. The van der Waals surface area contributed by atoms with Crippen LogP contribution in [0, 0.1) is 5.82 Å². The number of hydrogen-bond acceptors (Lipinski definition) is 4. The molecule has 3 rings (SSSR count). The largest absolute Gasteiger partial charge is 0.492 e. The lowest BCUT2D eigenvalue weighted by atomic mass is 10.2. The highest BCUT2D eigenvalue weighted by Crippen LogP contribution is 2.26. The number of para-hydroxylation sites is 2. The van der Waals surface area contributed by atoms with Gasteiger partial charge in [-0.25, -0.2) is 9.37 Å². The van der Waals surface area contributed by atoms with E-state index in [2.05, 4.69) is 15.6 Å². The fraction of sp³-hybridized carbons (Fsp3) is 0.143. The molecule has 3 aromatic rings. The van der Waals surface area contributed by atoms with Gasteiger partial charge < -0.3 is 15.4 Å². The fourth-order valence-corrected chi connectivity index (χ4v) is 2.51. The van der Waals surface area contributed by atoms with E-state index in [1.807, 2.05) is 31.2 Å². The number of pyridine rings is 1. The first-order chi connectivity index (χ1) is 13.2. The van der Waals surface area contributed by atoms with Crippen molar-refractivity contribution in [3.8, 4) is 5.75 Å². The highest BCUT2D eigenvalue weighted by Gasteiger charge is 2.09. The van der Waals surface area contributed by atoms with Crippen molar-refractivity contribution in [3.05, 3.63) is 83.8 Å². The number of carbonyl (C=O) groups excluding carboxylic acids is 1. The first-order valence-electron chi connectivity index (χ1n) is 8.64. The van der Waals surface area contributed by atoms with Gasteiger partial charge in [0, 0.05) is 18.3 Å². The lowest BCUT2D eigenvalue weighted by Gasteiger charge is -2.12. The van der Waals surface area contributed by atoms with Gasteiger partial charge in [-0.3, -0.25) is 4.79 Å². The molecule has 0 spiro atoms. The Labute approximate surface area is 157 Å². The lowest BCUT2D eigenvalue weighted by Crippen LogP contribution is -2.23. The molecule has 27 heavy (non-hydrogen) atoms. The fourth-order valence-electron chi connectivity index (χ4n) is 2.51. The molecule has 0 saturated heterocycles. The summed E-state index contributed by atoms with van der Waals surface area (Å²) >= 11 is 0. The Morgan fingerprint density at radius 2 is 1.85 bits per heavy atom. The average Bonchev–Trinajstić information content (AvgIpc) is 2.69. The van der Waals surface area contributed by atoms with Crippen molar-refractivity contribution >= 4 is 17.4 Å². The highest BCUT2D eigenvalue weighted by molar-refractivity contribution is 5.94. The van der Waals surface area contributed by atoms with Gasteiger partial charge in [0.15, 0.2) is 0 Å². The molecule has 0 fully saturated rings. The maximum absolute atomic E-state index is 13.6. The summed E-state index contributed by atoms with van der Waals surface area (Å²) in [5.41, 5.74) is 1.63. The molecule has 0 aliphatic heterocycles. The zero-order chi connectivity index (χ0) is 19.1. The number of rotatable bonds is 7. The van der Waals surface area contributed by atoms with Gasteiger partial charge in [0.2, 0.25) is 0 Å². The van der Waals surface area contributed by atoms with Crippen LogP contribution < -0.4 is 15.4 Å². The van der Waals surface area contributed by atoms with Crippen molar-refractivity contribution in [2.45, 2.75) is 13.5 Å². The Morgan fingerprint density at radius 3 is 2.59 bits per heavy atom. The summed E-state index contributed by atoms with van der Waals surface area (Å²) in [5.74, 6) is 0.664.